The number of aliphatic carboxylic acids is 1. The van der Waals surface area contributed by atoms with Gasteiger partial charge in [-0.15, -0.1) is 11.3 Å². The summed E-state index contributed by atoms with van der Waals surface area (Å²) in [5, 5.41) is 8.55. The average molecular weight is 184 g/mol. The lowest BCUT2D eigenvalue weighted by atomic mass is 10.2. The van der Waals surface area contributed by atoms with Gasteiger partial charge in [0.15, 0.2) is 0 Å². The maximum atomic E-state index is 10.4. The van der Waals surface area contributed by atoms with E-state index in [9.17, 15) is 4.79 Å². The van der Waals surface area contributed by atoms with Crippen molar-refractivity contribution in [1.29, 1.82) is 0 Å². The zero-order valence-electron chi connectivity index (χ0n) is 7.26. The Balaban J connectivity index is 2.82. The van der Waals surface area contributed by atoms with E-state index in [1.54, 1.807) is 11.3 Å². The summed E-state index contributed by atoms with van der Waals surface area (Å²) < 4.78 is 0. The molecule has 0 amide bonds. The van der Waals surface area contributed by atoms with Crippen LogP contribution in [0.4, 0.5) is 0 Å². The molecular formula is C9H12O2S. The van der Waals surface area contributed by atoms with Crippen LogP contribution in [0.2, 0.25) is 0 Å². The SMILES string of the molecule is CCc1sc(CC(=O)O)cc1C. The van der Waals surface area contributed by atoms with E-state index < -0.39 is 5.97 Å². The van der Waals surface area contributed by atoms with Gasteiger partial charge >= 0.3 is 5.97 Å². The second-order valence-corrected chi connectivity index (χ2v) is 3.96. The molecule has 0 saturated heterocycles. The predicted octanol–water partition coefficient (Wildman–Crippen LogP) is 2.25. The number of hydrogen-bond acceptors (Lipinski definition) is 2. The van der Waals surface area contributed by atoms with Crippen LogP contribution in [-0.2, 0) is 17.6 Å². The third kappa shape index (κ3) is 2.08. The third-order valence-corrected chi connectivity index (χ3v) is 3.10. The van der Waals surface area contributed by atoms with Gasteiger partial charge in [0.2, 0.25) is 0 Å². The molecule has 1 heterocycles. The first-order valence-electron chi connectivity index (χ1n) is 3.93. The van der Waals surface area contributed by atoms with Gasteiger partial charge in [-0.05, 0) is 25.0 Å². The first kappa shape index (κ1) is 9.26. The standard InChI is InChI=1S/C9H12O2S/c1-3-8-6(2)4-7(12-8)5-9(10)11/h4H,3,5H2,1-2H3,(H,10,11). The minimum atomic E-state index is -0.751. The molecule has 1 N–H and O–H groups in total. The van der Waals surface area contributed by atoms with Gasteiger partial charge in [0.05, 0.1) is 6.42 Å². The summed E-state index contributed by atoms with van der Waals surface area (Å²) >= 11 is 1.61. The Labute approximate surface area is 75.9 Å². The van der Waals surface area contributed by atoms with Crippen LogP contribution in [0.25, 0.3) is 0 Å². The highest BCUT2D eigenvalue weighted by Gasteiger charge is 2.06. The van der Waals surface area contributed by atoms with Crippen LogP contribution < -0.4 is 0 Å². The maximum Gasteiger partial charge on any atom is 0.308 e. The van der Waals surface area contributed by atoms with E-state index in [4.69, 9.17) is 5.11 Å². The van der Waals surface area contributed by atoms with Crippen molar-refractivity contribution in [2.75, 3.05) is 0 Å². The van der Waals surface area contributed by atoms with Crippen LogP contribution in [-0.4, -0.2) is 11.1 Å². The Hall–Kier alpha value is -0.830. The summed E-state index contributed by atoms with van der Waals surface area (Å²) in [7, 11) is 0. The number of hydrogen-bond donors (Lipinski definition) is 1. The summed E-state index contributed by atoms with van der Waals surface area (Å²) in [6.45, 7) is 4.12. The number of aryl methyl sites for hydroxylation is 2. The minimum Gasteiger partial charge on any atom is -0.481 e. The fourth-order valence-electron chi connectivity index (χ4n) is 1.18. The molecule has 0 fully saturated rings. The van der Waals surface area contributed by atoms with Crippen molar-refractivity contribution in [3.05, 3.63) is 21.4 Å². The van der Waals surface area contributed by atoms with Crippen molar-refractivity contribution in [1.82, 2.24) is 0 Å². The third-order valence-electron chi connectivity index (χ3n) is 1.72. The maximum absolute atomic E-state index is 10.4. The van der Waals surface area contributed by atoms with E-state index in [0.29, 0.717) is 0 Å². The molecule has 0 aliphatic rings. The van der Waals surface area contributed by atoms with Gasteiger partial charge < -0.3 is 5.11 Å². The molecule has 0 aliphatic heterocycles. The molecule has 0 aliphatic carbocycles. The van der Waals surface area contributed by atoms with E-state index in [1.807, 2.05) is 13.0 Å². The summed E-state index contributed by atoms with van der Waals surface area (Å²) in [5.41, 5.74) is 1.22. The zero-order chi connectivity index (χ0) is 9.14. The van der Waals surface area contributed by atoms with Crippen molar-refractivity contribution >= 4 is 17.3 Å². The molecule has 1 aromatic rings. The lowest BCUT2D eigenvalue weighted by molar-refractivity contribution is -0.136. The van der Waals surface area contributed by atoms with E-state index in [1.165, 1.54) is 10.4 Å². The van der Waals surface area contributed by atoms with Crippen molar-refractivity contribution in [2.45, 2.75) is 26.7 Å². The molecule has 12 heavy (non-hydrogen) atoms. The molecule has 0 radical (unpaired) electrons. The molecule has 0 spiro atoms. The Bertz CT molecular complexity index is 289. The molecule has 66 valence electrons. The number of rotatable bonds is 3. The average Bonchev–Trinajstić information content (AvgIpc) is 2.29. The summed E-state index contributed by atoms with van der Waals surface area (Å²) in [6, 6.07) is 1.97. The van der Waals surface area contributed by atoms with Gasteiger partial charge in [0.1, 0.15) is 0 Å². The van der Waals surface area contributed by atoms with Gasteiger partial charge in [-0.3, -0.25) is 4.79 Å². The number of carboxylic acids is 1. The highest BCUT2D eigenvalue weighted by atomic mass is 32.1. The van der Waals surface area contributed by atoms with E-state index in [-0.39, 0.29) is 6.42 Å². The largest absolute Gasteiger partial charge is 0.481 e. The Morgan fingerprint density at radius 3 is 2.75 bits per heavy atom. The molecular weight excluding hydrogens is 172 g/mol. The quantitative estimate of drug-likeness (QED) is 0.782. The second-order valence-electron chi connectivity index (χ2n) is 2.74. The fourth-order valence-corrected chi connectivity index (χ4v) is 2.29. The Morgan fingerprint density at radius 2 is 2.33 bits per heavy atom. The topological polar surface area (TPSA) is 37.3 Å². The number of carboxylic acid groups (broad SMARTS) is 1. The van der Waals surface area contributed by atoms with Gasteiger partial charge in [-0.25, -0.2) is 0 Å². The second kappa shape index (κ2) is 3.72. The number of carbonyl (C=O) groups is 1. The first-order valence-corrected chi connectivity index (χ1v) is 4.75. The Kier molecular flexibility index (Phi) is 2.87. The molecule has 0 aromatic carbocycles. The smallest absolute Gasteiger partial charge is 0.308 e. The van der Waals surface area contributed by atoms with Crippen LogP contribution in [0.3, 0.4) is 0 Å². The minimum absolute atomic E-state index is 0.158. The van der Waals surface area contributed by atoms with Gasteiger partial charge in [-0.2, -0.15) is 0 Å². The van der Waals surface area contributed by atoms with Crippen LogP contribution in [0.1, 0.15) is 22.2 Å². The zero-order valence-corrected chi connectivity index (χ0v) is 8.07. The van der Waals surface area contributed by atoms with E-state index >= 15 is 0 Å². The molecule has 2 nitrogen and oxygen atoms in total. The monoisotopic (exact) mass is 184 g/mol. The summed E-state index contributed by atoms with van der Waals surface area (Å²) in [6.07, 6.45) is 1.15. The first-order chi connectivity index (χ1) is 5.63. The molecule has 0 atom stereocenters. The highest BCUT2D eigenvalue weighted by molar-refractivity contribution is 7.12. The van der Waals surface area contributed by atoms with Gasteiger partial charge in [0.25, 0.3) is 0 Å². The lowest BCUT2D eigenvalue weighted by Gasteiger charge is -1.88. The molecule has 1 rings (SSSR count). The van der Waals surface area contributed by atoms with Crippen LogP contribution >= 0.6 is 11.3 Å². The molecule has 3 heteroatoms. The lowest BCUT2D eigenvalue weighted by Crippen LogP contribution is -1.97. The van der Waals surface area contributed by atoms with Crippen molar-refractivity contribution in [3.63, 3.8) is 0 Å². The van der Waals surface area contributed by atoms with Crippen molar-refractivity contribution in [3.8, 4) is 0 Å². The van der Waals surface area contributed by atoms with Gasteiger partial charge in [0, 0.05) is 9.75 Å². The molecule has 0 saturated carbocycles. The highest BCUT2D eigenvalue weighted by Crippen LogP contribution is 2.22. The van der Waals surface area contributed by atoms with Crippen LogP contribution in [0, 0.1) is 6.92 Å². The summed E-state index contributed by atoms with van der Waals surface area (Å²) in [4.78, 5) is 12.6. The van der Waals surface area contributed by atoms with E-state index in [0.717, 1.165) is 11.3 Å². The number of thiophene rings is 1. The molecule has 1 aromatic heterocycles. The van der Waals surface area contributed by atoms with Crippen LogP contribution in [0.15, 0.2) is 6.07 Å². The van der Waals surface area contributed by atoms with Crippen molar-refractivity contribution in [2.24, 2.45) is 0 Å². The normalized spacial score (nSPS) is 10.2. The predicted molar refractivity (Wildman–Crippen MR) is 49.8 cm³/mol. The fraction of sp³-hybridized carbons (Fsp3) is 0.444. The van der Waals surface area contributed by atoms with Crippen LogP contribution in [0.5, 0.6) is 0 Å². The molecule has 0 unspecified atom stereocenters. The van der Waals surface area contributed by atoms with Gasteiger partial charge in [-0.1, -0.05) is 6.92 Å². The van der Waals surface area contributed by atoms with E-state index in [2.05, 4.69) is 6.92 Å². The Morgan fingerprint density at radius 1 is 1.67 bits per heavy atom. The molecule has 0 bridgehead atoms. The van der Waals surface area contributed by atoms with Crippen molar-refractivity contribution < 1.29 is 9.90 Å². The summed E-state index contributed by atoms with van der Waals surface area (Å²) in [5.74, 6) is -0.751.